The van der Waals surface area contributed by atoms with Gasteiger partial charge in [-0.25, -0.2) is 4.79 Å². The topological polar surface area (TPSA) is 50.9 Å². The molecule has 0 radical (unpaired) electrons. The van der Waals surface area contributed by atoms with Crippen LogP contribution in [0.3, 0.4) is 0 Å². The molecule has 104 valence electrons. The van der Waals surface area contributed by atoms with Gasteiger partial charge in [-0.05, 0) is 39.0 Å². The van der Waals surface area contributed by atoms with Gasteiger partial charge in [0.15, 0.2) is 0 Å². The van der Waals surface area contributed by atoms with Gasteiger partial charge in [-0.3, -0.25) is 4.79 Å². The zero-order valence-corrected chi connectivity index (χ0v) is 12.1. The van der Waals surface area contributed by atoms with Crippen LogP contribution in [0.4, 0.5) is 4.79 Å². The summed E-state index contributed by atoms with van der Waals surface area (Å²) in [6, 6.07) is 0.0426. The monoisotopic (exact) mass is 256 g/mol. The van der Waals surface area contributed by atoms with Crippen molar-refractivity contribution in [1.82, 2.24) is 4.90 Å². The first-order valence-corrected chi connectivity index (χ1v) is 6.70. The van der Waals surface area contributed by atoms with Crippen LogP contribution in [-0.4, -0.2) is 40.3 Å². The summed E-state index contributed by atoms with van der Waals surface area (Å²) in [6.07, 6.45) is 2.46. The molecule has 0 bridgehead atoms. The summed E-state index contributed by atoms with van der Waals surface area (Å²) in [5, 5.41) is 0. The minimum atomic E-state index is -0.478. The molecule has 1 fully saturated rings. The van der Waals surface area contributed by atoms with Gasteiger partial charge in [-0.1, -0.05) is 13.8 Å². The van der Waals surface area contributed by atoms with E-state index in [1.807, 2.05) is 20.8 Å². The lowest BCUT2D eigenvalue weighted by Gasteiger charge is -2.42. The summed E-state index contributed by atoms with van der Waals surface area (Å²) in [5.74, 6) is 0.854. The zero-order chi connectivity index (χ0) is 13.9. The highest BCUT2D eigenvalue weighted by molar-refractivity contribution is 5.69. The van der Waals surface area contributed by atoms with Crippen molar-refractivity contribution in [3.63, 3.8) is 0 Å². The van der Waals surface area contributed by atoms with Gasteiger partial charge >= 0.3 is 6.09 Å². The quantitative estimate of drug-likeness (QED) is 0.563. The SMILES string of the molecule is CC1CC(C)C(CC=[OH+])N(C(=O)OC(C)(C)C)C1. The molecule has 0 aromatic heterocycles. The highest BCUT2D eigenvalue weighted by Crippen LogP contribution is 2.29. The lowest BCUT2D eigenvalue weighted by Crippen LogP contribution is -2.51. The van der Waals surface area contributed by atoms with E-state index in [2.05, 4.69) is 13.8 Å². The number of carbonyl (C=O) groups is 1. The van der Waals surface area contributed by atoms with Crippen LogP contribution in [0.15, 0.2) is 0 Å². The van der Waals surface area contributed by atoms with E-state index in [9.17, 15) is 4.79 Å². The summed E-state index contributed by atoms with van der Waals surface area (Å²) in [6.45, 7) is 10.6. The molecular weight excluding hydrogens is 230 g/mol. The van der Waals surface area contributed by atoms with Crippen LogP contribution in [0.25, 0.3) is 0 Å². The van der Waals surface area contributed by atoms with Crippen molar-refractivity contribution in [1.29, 1.82) is 0 Å². The zero-order valence-electron chi connectivity index (χ0n) is 12.1. The summed E-state index contributed by atoms with van der Waals surface area (Å²) >= 11 is 0. The van der Waals surface area contributed by atoms with Gasteiger partial charge in [-0.2, -0.15) is 0 Å². The van der Waals surface area contributed by atoms with E-state index in [1.165, 1.54) is 0 Å². The van der Waals surface area contributed by atoms with Crippen LogP contribution in [0.2, 0.25) is 0 Å². The molecule has 1 amide bonds. The molecule has 1 rings (SSSR count). The highest BCUT2D eigenvalue weighted by Gasteiger charge is 2.37. The van der Waals surface area contributed by atoms with Gasteiger partial charge in [0.25, 0.3) is 6.29 Å². The second kappa shape index (κ2) is 5.72. The number of hydrogen-bond acceptors (Lipinski definition) is 2. The standard InChI is InChI=1S/C14H25NO3/c1-10-8-11(2)12(6-7-16)15(9-10)13(17)18-14(3,4)5/h7,10-12H,6,8-9H2,1-5H3/p+1. The van der Waals surface area contributed by atoms with Gasteiger partial charge in [0, 0.05) is 12.6 Å². The molecule has 18 heavy (non-hydrogen) atoms. The molecule has 0 saturated carbocycles. The Morgan fingerprint density at radius 2 is 2.06 bits per heavy atom. The number of ether oxygens (including phenoxy) is 1. The molecule has 3 unspecified atom stereocenters. The molecule has 1 aliphatic heterocycles. The second-order valence-electron chi connectivity index (χ2n) is 6.44. The van der Waals surface area contributed by atoms with Crippen LogP contribution in [-0.2, 0) is 4.74 Å². The van der Waals surface area contributed by atoms with Crippen LogP contribution in [0.1, 0.15) is 47.5 Å². The van der Waals surface area contributed by atoms with Crippen molar-refractivity contribution in [2.45, 2.75) is 59.1 Å². The maximum atomic E-state index is 12.2. The molecular formula is C14H26NO3+. The Morgan fingerprint density at radius 3 is 2.56 bits per heavy atom. The molecule has 0 aromatic carbocycles. The van der Waals surface area contributed by atoms with Crippen LogP contribution in [0.5, 0.6) is 0 Å². The van der Waals surface area contributed by atoms with Crippen molar-refractivity contribution < 1.29 is 14.3 Å². The molecule has 4 nitrogen and oxygen atoms in total. The van der Waals surface area contributed by atoms with Gasteiger partial charge in [0.2, 0.25) is 0 Å². The summed E-state index contributed by atoms with van der Waals surface area (Å²) in [7, 11) is 0. The Morgan fingerprint density at radius 1 is 1.44 bits per heavy atom. The van der Waals surface area contributed by atoms with Crippen LogP contribution >= 0.6 is 0 Å². The van der Waals surface area contributed by atoms with Gasteiger partial charge < -0.3 is 9.64 Å². The number of rotatable bonds is 2. The third-order valence-corrected chi connectivity index (χ3v) is 3.31. The Labute approximate surface area is 110 Å². The van der Waals surface area contributed by atoms with Crippen molar-refractivity contribution in [2.75, 3.05) is 6.54 Å². The lowest BCUT2D eigenvalue weighted by atomic mass is 9.84. The van der Waals surface area contributed by atoms with Crippen molar-refractivity contribution in [2.24, 2.45) is 11.8 Å². The first-order valence-electron chi connectivity index (χ1n) is 6.70. The molecule has 4 heteroatoms. The third-order valence-electron chi connectivity index (χ3n) is 3.31. The maximum Gasteiger partial charge on any atom is 0.410 e. The number of carbonyl (C=O) groups excluding carboxylic acids is 2. The maximum absolute atomic E-state index is 12.2. The van der Waals surface area contributed by atoms with Gasteiger partial charge in [-0.15, -0.1) is 0 Å². The number of nitrogens with zero attached hydrogens (tertiary/aromatic N) is 1. The third kappa shape index (κ3) is 4.00. The molecule has 0 aliphatic carbocycles. The minimum absolute atomic E-state index is 0.0426. The average molecular weight is 256 g/mol. The van der Waals surface area contributed by atoms with Crippen LogP contribution in [0, 0.1) is 11.8 Å². The number of likely N-dealkylation sites (tertiary alicyclic amines) is 1. The first-order chi connectivity index (χ1) is 8.24. The van der Waals surface area contributed by atoms with E-state index >= 15 is 0 Å². The molecule has 1 heterocycles. The fraction of sp³-hybridized carbons (Fsp3) is 0.857. The van der Waals surface area contributed by atoms with Crippen molar-refractivity contribution in [3.8, 4) is 0 Å². The predicted molar refractivity (Wildman–Crippen MR) is 72.3 cm³/mol. The van der Waals surface area contributed by atoms with E-state index in [0.29, 0.717) is 24.8 Å². The van der Waals surface area contributed by atoms with Crippen LogP contribution < -0.4 is 0 Å². The fourth-order valence-electron chi connectivity index (χ4n) is 2.64. The van der Waals surface area contributed by atoms with E-state index in [4.69, 9.17) is 9.53 Å². The molecule has 1 saturated heterocycles. The minimum Gasteiger partial charge on any atom is -0.444 e. The normalized spacial score (nSPS) is 28.9. The smallest absolute Gasteiger partial charge is 0.410 e. The van der Waals surface area contributed by atoms with Crippen molar-refractivity contribution in [3.05, 3.63) is 0 Å². The Bertz CT molecular complexity index is 309. The van der Waals surface area contributed by atoms with Gasteiger partial charge in [0.1, 0.15) is 5.60 Å². The molecule has 0 aromatic rings. The number of amides is 1. The Kier molecular flexibility index (Phi) is 4.77. The highest BCUT2D eigenvalue weighted by atomic mass is 16.6. The average Bonchev–Trinajstić information content (AvgIpc) is 2.19. The lowest BCUT2D eigenvalue weighted by molar-refractivity contribution is -0.00500. The van der Waals surface area contributed by atoms with Crippen molar-refractivity contribution >= 4 is 12.4 Å². The van der Waals surface area contributed by atoms with E-state index in [1.54, 1.807) is 4.90 Å². The van der Waals surface area contributed by atoms with E-state index in [0.717, 1.165) is 12.7 Å². The van der Waals surface area contributed by atoms with Gasteiger partial charge in [0.05, 0.1) is 6.42 Å². The summed E-state index contributed by atoms with van der Waals surface area (Å²) in [5.41, 5.74) is -0.478. The molecule has 3 atom stereocenters. The second-order valence-corrected chi connectivity index (χ2v) is 6.44. The molecule has 1 N–H and O–H groups in total. The van der Waals surface area contributed by atoms with E-state index in [-0.39, 0.29) is 12.1 Å². The Balaban J connectivity index is 2.79. The Hall–Kier alpha value is -1.06. The molecule has 1 aliphatic rings. The predicted octanol–water partition coefficient (Wildman–Crippen LogP) is 2.83. The first kappa shape index (κ1) is 15.0. The summed E-state index contributed by atoms with van der Waals surface area (Å²) < 4.78 is 5.44. The fourth-order valence-corrected chi connectivity index (χ4v) is 2.64. The van der Waals surface area contributed by atoms with E-state index < -0.39 is 5.60 Å². The number of piperidine rings is 1. The number of aldehydes is 1. The summed E-state index contributed by atoms with van der Waals surface area (Å²) in [4.78, 5) is 23.0. The molecule has 0 spiro atoms. The largest absolute Gasteiger partial charge is 0.444 e. The number of hydrogen-bond donors (Lipinski definition) is 0.